The summed E-state index contributed by atoms with van der Waals surface area (Å²) in [5.41, 5.74) is 5.45. The summed E-state index contributed by atoms with van der Waals surface area (Å²) in [6, 6.07) is 10.3. The largest absolute Gasteiger partial charge is 0.480 e. The Morgan fingerprint density at radius 2 is 1.71 bits per heavy atom. The van der Waals surface area contributed by atoms with Gasteiger partial charge in [-0.15, -0.1) is 0 Å². The number of carbonyl (C=O) groups excluding carboxylic acids is 2. The molecular formula is C26H22F3N7O5W. The molecule has 0 saturated heterocycles. The van der Waals surface area contributed by atoms with E-state index in [9.17, 15) is 37.5 Å². The summed E-state index contributed by atoms with van der Waals surface area (Å²) in [6.45, 7) is 1.14. The number of nitrogens with one attached hydrogen (secondary N) is 2. The Morgan fingerprint density at radius 3 is 2.31 bits per heavy atom. The number of aromatic nitrogens is 4. The number of benzene rings is 2. The van der Waals surface area contributed by atoms with Crippen molar-refractivity contribution < 1.29 is 53.7 Å². The predicted octanol–water partition coefficient (Wildman–Crippen LogP) is 2.12. The second-order valence-corrected chi connectivity index (χ2v) is 8.97. The van der Waals surface area contributed by atoms with Gasteiger partial charge in [-0.05, 0) is 36.8 Å². The standard InChI is InChI=1S/C26H22F3N7O5.W/c1-13-2-4-14(5-3-13)10-18(23(39)40)33-21(37)15-6-8-17(9-7-15)36(24(41)26(27,28)29)12-16-11-31-20-19(32-16)22(38)35-25(30)34-20;/h2-9,11,18H,10,12H2,1H3,(H,33,37)(H,39,40)(H3,30,31,34,35,38);/t18-;/m0./s1. The molecule has 16 heteroatoms. The second kappa shape index (κ2) is 12.9. The maximum Gasteiger partial charge on any atom is 0.471 e. The third-order valence-corrected chi connectivity index (χ3v) is 5.90. The SMILES string of the molecule is Cc1ccc(C[C@H](NC(=O)c2ccc(N(Cc3cnc4nc(N)[nH]c(=O)c4n3)C(=O)C(F)(F)F)cc2)C(=O)O)cc1.[W]. The molecule has 2 amide bonds. The summed E-state index contributed by atoms with van der Waals surface area (Å²) in [7, 11) is 0. The summed E-state index contributed by atoms with van der Waals surface area (Å²) in [5, 5.41) is 12.0. The average Bonchev–Trinajstić information content (AvgIpc) is 2.92. The van der Waals surface area contributed by atoms with Crippen LogP contribution in [0.15, 0.2) is 59.5 Å². The number of nitrogen functional groups attached to an aromatic ring is 1. The van der Waals surface area contributed by atoms with Gasteiger partial charge in [0.25, 0.3) is 11.5 Å². The molecule has 2 aromatic carbocycles. The van der Waals surface area contributed by atoms with Crippen molar-refractivity contribution in [1.29, 1.82) is 0 Å². The van der Waals surface area contributed by atoms with Crippen LogP contribution in [0.25, 0.3) is 11.2 Å². The van der Waals surface area contributed by atoms with Gasteiger partial charge in [0.05, 0.1) is 18.4 Å². The van der Waals surface area contributed by atoms with Crippen molar-refractivity contribution in [2.75, 3.05) is 10.6 Å². The molecule has 4 rings (SSSR count). The van der Waals surface area contributed by atoms with E-state index in [1.807, 2.05) is 6.92 Å². The Balaban J connectivity index is 0.00000484. The summed E-state index contributed by atoms with van der Waals surface area (Å²) in [6.07, 6.45) is -4.21. The smallest absolute Gasteiger partial charge is 0.471 e. The number of amides is 2. The van der Waals surface area contributed by atoms with Crippen molar-refractivity contribution in [2.24, 2.45) is 0 Å². The summed E-state index contributed by atoms with van der Waals surface area (Å²) in [4.78, 5) is 63.1. The van der Waals surface area contributed by atoms with Gasteiger partial charge in [0.15, 0.2) is 11.2 Å². The molecule has 2 heterocycles. The molecule has 5 N–H and O–H groups in total. The van der Waals surface area contributed by atoms with E-state index in [0.717, 1.165) is 36.0 Å². The number of nitrogens with two attached hydrogens (primary N) is 1. The first-order valence-electron chi connectivity index (χ1n) is 11.9. The molecule has 1 atom stereocenters. The van der Waals surface area contributed by atoms with Crippen LogP contribution in [-0.2, 0) is 43.6 Å². The van der Waals surface area contributed by atoms with E-state index in [1.54, 1.807) is 24.3 Å². The maximum absolute atomic E-state index is 13.5. The minimum atomic E-state index is -5.27. The molecule has 12 nitrogen and oxygen atoms in total. The van der Waals surface area contributed by atoms with Gasteiger partial charge >= 0.3 is 18.1 Å². The molecule has 0 radical (unpaired) electrons. The molecule has 42 heavy (non-hydrogen) atoms. The summed E-state index contributed by atoms with van der Waals surface area (Å²) < 4.78 is 40.4. The predicted molar refractivity (Wildman–Crippen MR) is 140 cm³/mol. The molecule has 0 spiro atoms. The van der Waals surface area contributed by atoms with E-state index in [2.05, 4.69) is 25.3 Å². The molecule has 0 fully saturated rings. The monoisotopic (exact) mass is 753 g/mol. The maximum atomic E-state index is 13.5. The zero-order chi connectivity index (χ0) is 29.9. The van der Waals surface area contributed by atoms with E-state index in [1.165, 1.54) is 0 Å². The molecule has 4 aromatic rings. The van der Waals surface area contributed by atoms with Crippen LogP contribution in [0.3, 0.4) is 0 Å². The fraction of sp³-hybridized carbons (Fsp3) is 0.192. The Bertz CT molecular complexity index is 1680. The number of rotatable bonds is 8. The number of alkyl halides is 3. The van der Waals surface area contributed by atoms with E-state index in [-0.39, 0.29) is 61.5 Å². The second-order valence-electron chi connectivity index (χ2n) is 8.97. The van der Waals surface area contributed by atoms with E-state index >= 15 is 0 Å². The third-order valence-electron chi connectivity index (χ3n) is 5.90. The number of carboxylic acids is 1. The number of anilines is 2. The third kappa shape index (κ3) is 7.54. The fourth-order valence-electron chi connectivity index (χ4n) is 3.84. The van der Waals surface area contributed by atoms with Gasteiger partial charge in [-0.2, -0.15) is 18.2 Å². The summed E-state index contributed by atoms with van der Waals surface area (Å²) in [5.74, 6) is -4.51. The number of fused-ring (bicyclic) bond motifs is 1. The minimum Gasteiger partial charge on any atom is -0.480 e. The number of nitrogens with zero attached hydrogens (tertiary/aromatic N) is 4. The number of aromatic amines is 1. The first kappa shape index (κ1) is 31.9. The molecule has 0 unspecified atom stereocenters. The van der Waals surface area contributed by atoms with Gasteiger partial charge in [0.1, 0.15) is 6.04 Å². The van der Waals surface area contributed by atoms with Gasteiger partial charge < -0.3 is 16.2 Å². The van der Waals surface area contributed by atoms with Crippen LogP contribution in [0.5, 0.6) is 0 Å². The van der Waals surface area contributed by atoms with E-state index in [0.29, 0.717) is 10.5 Å². The molecular weight excluding hydrogens is 731 g/mol. The molecule has 2 aromatic heterocycles. The van der Waals surface area contributed by atoms with Crippen LogP contribution >= 0.6 is 0 Å². The zero-order valence-electron chi connectivity index (χ0n) is 21.7. The van der Waals surface area contributed by atoms with Gasteiger partial charge in [0, 0.05) is 38.7 Å². The number of H-pyrrole nitrogens is 1. The number of aryl methyl sites for hydroxylation is 1. The van der Waals surface area contributed by atoms with Crippen LogP contribution in [0, 0.1) is 6.92 Å². The normalized spacial score (nSPS) is 11.8. The van der Waals surface area contributed by atoms with Crippen molar-refractivity contribution in [1.82, 2.24) is 25.3 Å². The van der Waals surface area contributed by atoms with Gasteiger partial charge in [0.2, 0.25) is 5.95 Å². The first-order chi connectivity index (χ1) is 19.3. The first-order valence-corrected chi connectivity index (χ1v) is 11.9. The Hall–Kier alpha value is -4.65. The van der Waals surface area contributed by atoms with Crippen molar-refractivity contribution in [2.45, 2.75) is 32.1 Å². The summed E-state index contributed by atoms with van der Waals surface area (Å²) >= 11 is 0. The number of halogens is 3. The average molecular weight is 753 g/mol. The van der Waals surface area contributed by atoms with Gasteiger partial charge in [-0.3, -0.25) is 24.3 Å². The van der Waals surface area contributed by atoms with Crippen molar-refractivity contribution in [3.63, 3.8) is 0 Å². The molecule has 0 aliphatic rings. The topological polar surface area (TPSA) is 184 Å². The van der Waals surface area contributed by atoms with Crippen LogP contribution < -0.4 is 21.5 Å². The van der Waals surface area contributed by atoms with Crippen molar-refractivity contribution >= 4 is 40.6 Å². The number of hydrogen-bond acceptors (Lipinski definition) is 8. The number of carbonyl (C=O) groups is 3. The van der Waals surface area contributed by atoms with Crippen molar-refractivity contribution in [3.05, 3.63) is 87.5 Å². The molecule has 0 aliphatic heterocycles. The van der Waals surface area contributed by atoms with Gasteiger partial charge in [-0.1, -0.05) is 29.8 Å². The van der Waals surface area contributed by atoms with Gasteiger partial charge in [-0.25, -0.2) is 14.8 Å². The van der Waals surface area contributed by atoms with Crippen LogP contribution in [0.4, 0.5) is 24.8 Å². The quantitative estimate of drug-likeness (QED) is 0.209. The fourth-order valence-corrected chi connectivity index (χ4v) is 3.84. The molecule has 218 valence electrons. The molecule has 0 saturated carbocycles. The molecule has 0 bridgehead atoms. The Morgan fingerprint density at radius 1 is 1.07 bits per heavy atom. The van der Waals surface area contributed by atoms with Crippen LogP contribution in [-0.4, -0.2) is 55.0 Å². The van der Waals surface area contributed by atoms with Crippen molar-refractivity contribution in [3.8, 4) is 0 Å². The van der Waals surface area contributed by atoms with Crippen LogP contribution in [0.2, 0.25) is 0 Å². The Labute approximate surface area is 249 Å². The van der Waals surface area contributed by atoms with Crippen LogP contribution in [0.1, 0.15) is 27.2 Å². The number of aliphatic carboxylic acids is 1. The van der Waals surface area contributed by atoms with E-state index < -0.39 is 42.1 Å². The number of carboxylic acid groups (broad SMARTS) is 1. The zero-order valence-corrected chi connectivity index (χ0v) is 24.6. The Kier molecular flexibility index (Phi) is 9.78. The molecule has 0 aliphatic carbocycles. The minimum absolute atomic E-state index is 0. The number of hydrogen-bond donors (Lipinski definition) is 4. The van der Waals surface area contributed by atoms with E-state index in [4.69, 9.17) is 5.73 Å².